The van der Waals surface area contributed by atoms with Gasteiger partial charge in [-0.1, -0.05) is 6.07 Å². The monoisotopic (exact) mass is 359 g/mol. The second-order valence-corrected chi connectivity index (χ2v) is 4.60. The van der Waals surface area contributed by atoms with E-state index in [2.05, 4.69) is 26.2 Å². The van der Waals surface area contributed by atoms with Gasteiger partial charge in [0.1, 0.15) is 4.47 Å². The molecule has 0 aliphatic rings. The predicted octanol–water partition coefficient (Wildman–Crippen LogP) is 3.86. The quantitative estimate of drug-likeness (QED) is 0.662. The molecule has 0 atom stereocenters. The lowest BCUT2D eigenvalue weighted by atomic mass is 10.3. The molecular formula is C12H8BrF2N3O3. The molecule has 1 N–H and O–H groups in total. The van der Waals surface area contributed by atoms with E-state index in [1.54, 1.807) is 0 Å². The van der Waals surface area contributed by atoms with Crippen LogP contribution in [0.15, 0.2) is 28.7 Å². The summed E-state index contributed by atoms with van der Waals surface area (Å²) in [6.45, 7) is 0. The van der Waals surface area contributed by atoms with Crippen molar-refractivity contribution in [3.05, 3.63) is 50.5 Å². The van der Waals surface area contributed by atoms with E-state index in [1.165, 1.54) is 25.2 Å². The lowest BCUT2D eigenvalue weighted by Gasteiger charge is -2.09. The van der Waals surface area contributed by atoms with Crippen molar-refractivity contribution in [1.82, 2.24) is 4.98 Å². The molecule has 0 aliphatic heterocycles. The maximum atomic E-state index is 13.6. The van der Waals surface area contributed by atoms with Crippen LogP contribution in [0, 0.1) is 21.7 Å². The minimum absolute atomic E-state index is 0.00994. The Morgan fingerprint density at radius 3 is 2.71 bits per heavy atom. The van der Waals surface area contributed by atoms with Crippen molar-refractivity contribution >= 4 is 27.4 Å². The highest BCUT2D eigenvalue weighted by molar-refractivity contribution is 9.10. The number of halogens is 3. The summed E-state index contributed by atoms with van der Waals surface area (Å²) in [7, 11) is 1.41. The lowest BCUT2D eigenvalue weighted by molar-refractivity contribution is -0.385. The molecular weight excluding hydrogens is 352 g/mol. The summed E-state index contributed by atoms with van der Waals surface area (Å²) in [5.41, 5.74) is -0.246. The minimum atomic E-state index is -1.02. The zero-order valence-electron chi connectivity index (χ0n) is 10.6. The molecule has 6 nitrogen and oxygen atoms in total. The Bertz CT molecular complexity index is 712. The Kier molecular flexibility index (Phi) is 4.32. The number of anilines is 1. The van der Waals surface area contributed by atoms with Crippen LogP contribution in [-0.4, -0.2) is 17.0 Å². The summed E-state index contributed by atoms with van der Waals surface area (Å²) >= 11 is 3.01. The van der Waals surface area contributed by atoms with Gasteiger partial charge < -0.3 is 10.1 Å². The number of nitrogens with zero attached hydrogens (tertiary/aromatic N) is 2. The predicted molar refractivity (Wildman–Crippen MR) is 74.6 cm³/mol. The number of nitro groups is 1. The zero-order valence-corrected chi connectivity index (χ0v) is 12.1. The Labute approximate surface area is 126 Å². The molecule has 1 aromatic heterocycles. The number of hydrogen-bond acceptors (Lipinski definition) is 5. The molecule has 0 amide bonds. The largest absolute Gasteiger partial charge is 0.435 e. The second kappa shape index (κ2) is 6.00. The number of nitrogens with one attached hydrogen (secondary N) is 1. The van der Waals surface area contributed by atoms with E-state index in [-0.39, 0.29) is 21.7 Å². The van der Waals surface area contributed by atoms with Gasteiger partial charge in [0.15, 0.2) is 23.2 Å². The number of ether oxygens (including phenoxy) is 1. The van der Waals surface area contributed by atoms with E-state index < -0.39 is 22.4 Å². The van der Waals surface area contributed by atoms with Crippen molar-refractivity contribution in [2.45, 2.75) is 0 Å². The number of hydrogen-bond donors (Lipinski definition) is 1. The van der Waals surface area contributed by atoms with Crippen LogP contribution < -0.4 is 10.1 Å². The maximum Gasteiger partial charge on any atom is 0.287 e. The van der Waals surface area contributed by atoms with E-state index in [1.807, 2.05) is 0 Å². The first kappa shape index (κ1) is 15.1. The molecule has 2 rings (SSSR count). The van der Waals surface area contributed by atoms with Gasteiger partial charge >= 0.3 is 0 Å². The first-order valence-electron chi connectivity index (χ1n) is 5.58. The van der Waals surface area contributed by atoms with E-state index in [0.717, 1.165) is 0 Å². The number of pyridine rings is 1. The fourth-order valence-corrected chi connectivity index (χ4v) is 2.01. The molecule has 0 bridgehead atoms. The molecule has 0 spiro atoms. The highest BCUT2D eigenvalue weighted by atomic mass is 79.9. The van der Waals surface area contributed by atoms with Crippen molar-refractivity contribution < 1.29 is 18.4 Å². The maximum absolute atomic E-state index is 13.6. The molecule has 0 aliphatic carbocycles. The SMILES string of the molecule is CNc1nc(Oc2cccc([N+](=O)[O-])c2Br)c(F)cc1F. The molecule has 0 radical (unpaired) electrons. The minimum Gasteiger partial charge on any atom is -0.435 e. The average molecular weight is 360 g/mol. The molecule has 1 heterocycles. The highest BCUT2D eigenvalue weighted by Crippen LogP contribution is 2.37. The molecule has 0 fully saturated rings. The van der Waals surface area contributed by atoms with Crippen LogP contribution in [0.2, 0.25) is 0 Å². The van der Waals surface area contributed by atoms with Crippen LogP contribution in [0.3, 0.4) is 0 Å². The second-order valence-electron chi connectivity index (χ2n) is 3.80. The van der Waals surface area contributed by atoms with Gasteiger partial charge in [-0.25, -0.2) is 8.78 Å². The third-order valence-corrected chi connectivity index (χ3v) is 3.28. The van der Waals surface area contributed by atoms with Crippen LogP contribution in [-0.2, 0) is 0 Å². The molecule has 0 unspecified atom stereocenters. The number of nitro benzene ring substituents is 1. The highest BCUT2D eigenvalue weighted by Gasteiger charge is 2.19. The average Bonchev–Trinajstić information content (AvgIpc) is 2.43. The molecule has 9 heteroatoms. The van der Waals surface area contributed by atoms with Crippen molar-refractivity contribution in [3.63, 3.8) is 0 Å². The normalized spacial score (nSPS) is 10.3. The van der Waals surface area contributed by atoms with E-state index in [4.69, 9.17) is 4.74 Å². The van der Waals surface area contributed by atoms with Crippen LogP contribution in [0.5, 0.6) is 11.6 Å². The van der Waals surface area contributed by atoms with Gasteiger partial charge in [0, 0.05) is 19.2 Å². The third kappa shape index (κ3) is 3.07. The van der Waals surface area contributed by atoms with Crippen molar-refractivity contribution in [1.29, 1.82) is 0 Å². The standard InChI is InChI=1S/C12H8BrF2N3O3/c1-16-11-6(14)5-7(15)12(17-11)21-9-4-2-3-8(10(9)13)18(19)20/h2-5H,1H3,(H,16,17). The first-order valence-corrected chi connectivity index (χ1v) is 6.38. The summed E-state index contributed by atoms with van der Waals surface area (Å²) in [5.74, 6) is -2.61. The fraction of sp³-hybridized carbons (Fsp3) is 0.0833. The van der Waals surface area contributed by atoms with Crippen molar-refractivity contribution in [2.24, 2.45) is 0 Å². The molecule has 0 saturated heterocycles. The van der Waals surface area contributed by atoms with Crippen molar-refractivity contribution in [3.8, 4) is 11.6 Å². The Balaban J connectivity index is 2.43. The van der Waals surface area contributed by atoms with Crippen LogP contribution >= 0.6 is 15.9 Å². The molecule has 2 aromatic rings. The van der Waals surface area contributed by atoms with Gasteiger partial charge in [-0.05, 0) is 22.0 Å². The van der Waals surface area contributed by atoms with Gasteiger partial charge in [-0.3, -0.25) is 10.1 Å². The smallest absolute Gasteiger partial charge is 0.287 e. The Morgan fingerprint density at radius 1 is 1.38 bits per heavy atom. The van der Waals surface area contributed by atoms with Crippen LogP contribution in [0.1, 0.15) is 0 Å². The molecule has 110 valence electrons. The van der Waals surface area contributed by atoms with Crippen LogP contribution in [0.4, 0.5) is 20.3 Å². The first-order chi connectivity index (χ1) is 9.93. The van der Waals surface area contributed by atoms with Crippen molar-refractivity contribution in [2.75, 3.05) is 12.4 Å². The van der Waals surface area contributed by atoms with Gasteiger partial charge in [-0.15, -0.1) is 0 Å². The number of rotatable bonds is 4. The van der Waals surface area contributed by atoms with E-state index >= 15 is 0 Å². The summed E-state index contributed by atoms with van der Waals surface area (Å²) in [6.07, 6.45) is 0. The summed E-state index contributed by atoms with van der Waals surface area (Å²) in [6, 6.07) is 4.63. The molecule has 21 heavy (non-hydrogen) atoms. The zero-order chi connectivity index (χ0) is 15.6. The Hall–Kier alpha value is -2.29. The van der Waals surface area contributed by atoms with Gasteiger partial charge in [0.2, 0.25) is 0 Å². The summed E-state index contributed by atoms with van der Waals surface area (Å²) in [5, 5.41) is 13.2. The van der Waals surface area contributed by atoms with Gasteiger partial charge in [-0.2, -0.15) is 4.98 Å². The van der Waals surface area contributed by atoms with Gasteiger partial charge in [0.25, 0.3) is 11.6 Å². The number of benzene rings is 1. The van der Waals surface area contributed by atoms with Crippen LogP contribution in [0.25, 0.3) is 0 Å². The fourth-order valence-electron chi connectivity index (χ4n) is 1.52. The molecule has 1 aromatic carbocycles. The summed E-state index contributed by atoms with van der Waals surface area (Å²) < 4.78 is 32.2. The number of aromatic nitrogens is 1. The van der Waals surface area contributed by atoms with E-state index in [9.17, 15) is 18.9 Å². The Morgan fingerprint density at radius 2 is 2.10 bits per heavy atom. The third-order valence-electron chi connectivity index (χ3n) is 2.48. The molecule has 0 saturated carbocycles. The summed E-state index contributed by atoms with van der Waals surface area (Å²) in [4.78, 5) is 13.8. The van der Waals surface area contributed by atoms with Gasteiger partial charge in [0.05, 0.1) is 4.92 Å². The lowest BCUT2D eigenvalue weighted by Crippen LogP contribution is -2.01. The topological polar surface area (TPSA) is 77.3 Å². The van der Waals surface area contributed by atoms with E-state index in [0.29, 0.717) is 6.07 Å².